The quantitative estimate of drug-likeness (QED) is 0.787. The number of anilines is 2. The molecule has 0 bridgehead atoms. The van der Waals surface area contributed by atoms with Crippen LogP contribution in [0.15, 0.2) is 40.9 Å². The second-order valence-corrected chi connectivity index (χ2v) is 4.74. The first-order chi connectivity index (χ1) is 8.58. The first-order valence-electron chi connectivity index (χ1n) is 4.99. The van der Waals surface area contributed by atoms with Crippen LogP contribution < -0.4 is 10.9 Å². The molecule has 2 aromatic rings. The van der Waals surface area contributed by atoms with Crippen LogP contribution in [0.3, 0.4) is 0 Å². The van der Waals surface area contributed by atoms with Crippen molar-refractivity contribution in [3.63, 3.8) is 0 Å². The normalized spacial score (nSPS) is 10.2. The third-order valence-electron chi connectivity index (χ3n) is 2.21. The van der Waals surface area contributed by atoms with Crippen LogP contribution in [0, 0.1) is 11.6 Å². The monoisotopic (exact) mass is 332 g/mol. The fraction of sp³-hybridized carbons (Fsp3) is 0. The lowest BCUT2D eigenvalue weighted by Gasteiger charge is -2.11. The first kappa shape index (κ1) is 13.1. The van der Waals surface area contributed by atoms with E-state index in [2.05, 4.69) is 26.8 Å². The average Bonchev–Trinajstić information content (AvgIpc) is 2.35. The molecule has 0 aliphatic heterocycles. The van der Waals surface area contributed by atoms with E-state index in [9.17, 15) is 8.78 Å². The number of nitrogens with one attached hydrogen (secondary N) is 2. The molecule has 0 amide bonds. The Morgan fingerprint density at radius 2 is 1.83 bits per heavy atom. The molecule has 2 nitrogen and oxygen atoms in total. The van der Waals surface area contributed by atoms with Gasteiger partial charge in [0.15, 0.2) is 5.82 Å². The van der Waals surface area contributed by atoms with Gasteiger partial charge in [-0.3, -0.25) is 5.43 Å². The highest BCUT2D eigenvalue weighted by Crippen LogP contribution is 2.23. The maximum absolute atomic E-state index is 13.6. The molecule has 0 aromatic heterocycles. The summed E-state index contributed by atoms with van der Waals surface area (Å²) in [4.78, 5) is 0. The van der Waals surface area contributed by atoms with Crippen LogP contribution in [0.2, 0.25) is 5.02 Å². The van der Waals surface area contributed by atoms with Crippen molar-refractivity contribution in [2.24, 2.45) is 0 Å². The Labute approximate surface area is 116 Å². The van der Waals surface area contributed by atoms with E-state index in [-0.39, 0.29) is 10.7 Å². The minimum absolute atomic E-state index is 0.00323. The van der Waals surface area contributed by atoms with E-state index < -0.39 is 11.6 Å². The maximum atomic E-state index is 13.6. The van der Waals surface area contributed by atoms with Crippen LogP contribution in [0.1, 0.15) is 0 Å². The number of hydrogen-bond acceptors (Lipinski definition) is 2. The Morgan fingerprint density at radius 1 is 1.06 bits per heavy atom. The van der Waals surface area contributed by atoms with Crippen LogP contribution in [0.25, 0.3) is 0 Å². The molecular formula is C12H8BrClF2N2. The van der Waals surface area contributed by atoms with Crippen molar-refractivity contribution >= 4 is 38.9 Å². The van der Waals surface area contributed by atoms with Crippen LogP contribution in [-0.2, 0) is 0 Å². The van der Waals surface area contributed by atoms with E-state index in [1.54, 1.807) is 18.2 Å². The second kappa shape index (κ2) is 5.54. The average molecular weight is 334 g/mol. The van der Waals surface area contributed by atoms with Gasteiger partial charge < -0.3 is 5.43 Å². The van der Waals surface area contributed by atoms with Gasteiger partial charge in [-0.2, -0.15) is 0 Å². The number of halogens is 4. The molecule has 0 atom stereocenters. The summed E-state index contributed by atoms with van der Waals surface area (Å²) in [5, 5.41) is -0.00323. The third-order valence-corrected chi connectivity index (χ3v) is 3.11. The highest BCUT2D eigenvalue weighted by molar-refractivity contribution is 9.10. The van der Waals surface area contributed by atoms with Crippen LogP contribution in [0.5, 0.6) is 0 Å². The number of hydrazine groups is 1. The van der Waals surface area contributed by atoms with E-state index in [0.29, 0.717) is 10.2 Å². The van der Waals surface area contributed by atoms with E-state index in [1.165, 1.54) is 18.2 Å². The van der Waals surface area contributed by atoms with Gasteiger partial charge in [0.1, 0.15) is 5.82 Å². The van der Waals surface area contributed by atoms with Gasteiger partial charge in [-0.25, -0.2) is 8.78 Å². The van der Waals surface area contributed by atoms with Gasteiger partial charge in [0.05, 0.1) is 20.9 Å². The molecular weight excluding hydrogens is 325 g/mol. The van der Waals surface area contributed by atoms with Crippen molar-refractivity contribution in [3.05, 3.63) is 57.5 Å². The molecule has 0 spiro atoms. The van der Waals surface area contributed by atoms with E-state index >= 15 is 0 Å². The fourth-order valence-electron chi connectivity index (χ4n) is 1.31. The highest BCUT2D eigenvalue weighted by atomic mass is 79.9. The minimum atomic E-state index is -0.504. The lowest BCUT2D eigenvalue weighted by atomic mass is 10.3. The van der Waals surface area contributed by atoms with Gasteiger partial charge in [0.25, 0.3) is 0 Å². The van der Waals surface area contributed by atoms with Crippen molar-refractivity contribution in [2.75, 3.05) is 10.9 Å². The molecule has 2 aromatic carbocycles. The number of hydrogen-bond donors (Lipinski definition) is 2. The van der Waals surface area contributed by atoms with Gasteiger partial charge in [0, 0.05) is 0 Å². The molecule has 6 heteroatoms. The Kier molecular flexibility index (Phi) is 4.04. The summed E-state index contributed by atoms with van der Waals surface area (Å²) >= 11 is 8.71. The van der Waals surface area contributed by atoms with Crippen LogP contribution in [0.4, 0.5) is 20.2 Å². The molecule has 18 heavy (non-hydrogen) atoms. The summed E-state index contributed by atoms with van der Waals surface area (Å²) in [6.45, 7) is 0. The molecule has 0 saturated heterocycles. The summed E-state index contributed by atoms with van der Waals surface area (Å²) in [7, 11) is 0. The van der Waals surface area contributed by atoms with Crippen molar-refractivity contribution in [1.29, 1.82) is 0 Å². The van der Waals surface area contributed by atoms with Gasteiger partial charge in [-0.1, -0.05) is 17.7 Å². The Bertz CT molecular complexity index is 578. The van der Waals surface area contributed by atoms with E-state index in [1.807, 2.05) is 0 Å². The number of benzene rings is 2. The van der Waals surface area contributed by atoms with Gasteiger partial charge in [-0.05, 0) is 46.3 Å². The number of rotatable bonds is 3. The van der Waals surface area contributed by atoms with Gasteiger partial charge >= 0.3 is 0 Å². The summed E-state index contributed by atoms with van der Waals surface area (Å²) in [6, 6.07) is 8.97. The van der Waals surface area contributed by atoms with Gasteiger partial charge in [0.2, 0.25) is 0 Å². The van der Waals surface area contributed by atoms with E-state index in [4.69, 9.17) is 11.6 Å². The Hall–Kier alpha value is -1.33. The lowest BCUT2D eigenvalue weighted by Crippen LogP contribution is -2.10. The molecule has 2 rings (SSSR count). The first-order valence-corrected chi connectivity index (χ1v) is 6.16. The Balaban J connectivity index is 2.11. The summed E-state index contributed by atoms with van der Waals surface area (Å²) in [6.07, 6.45) is 0. The van der Waals surface area contributed by atoms with Crippen molar-refractivity contribution < 1.29 is 8.78 Å². The minimum Gasteiger partial charge on any atom is -0.301 e. The second-order valence-electron chi connectivity index (χ2n) is 3.48. The third kappa shape index (κ3) is 2.91. The van der Waals surface area contributed by atoms with Crippen molar-refractivity contribution in [3.8, 4) is 0 Å². The molecule has 0 unspecified atom stereocenters. The SMILES string of the molecule is Fc1ccc(NNc2cccc(Br)c2F)cc1Cl. The summed E-state index contributed by atoms with van der Waals surface area (Å²) in [5.41, 5.74) is 6.21. The van der Waals surface area contributed by atoms with Gasteiger partial charge in [-0.15, -0.1) is 0 Å². The topological polar surface area (TPSA) is 24.1 Å². The predicted molar refractivity (Wildman–Crippen MR) is 72.8 cm³/mol. The molecule has 0 aliphatic carbocycles. The highest BCUT2D eigenvalue weighted by Gasteiger charge is 2.05. The lowest BCUT2D eigenvalue weighted by molar-refractivity contribution is 0.624. The molecule has 0 aliphatic rings. The standard InChI is InChI=1S/C12H8BrClF2N2/c13-8-2-1-3-11(12(8)16)18-17-7-4-5-10(15)9(14)6-7/h1-6,17-18H. The molecule has 2 N–H and O–H groups in total. The zero-order valence-electron chi connectivity index (χ0n) is 8.98. The van der Waals surface area contributed by atoms with Crippen molar-refractivity contribution in [2.45, 2.75) is 0 Å². The van der Waals surface area contributed by atoms with Crippen LogP contribution >= 0.6 is 27.5 Å². The largest absolute Gasteiger partial charge is 0.301 e. The molecule has 0 saturated carbocycles. The zero-order chi connectivity index (χ0) is 13.1. The predicted octanol–water partition coefficient (Wildman–Crippen LogP) is 4.82. The van der Waals surface area contributed by atoms with E-state index in [0.717, 1.165) is 0 Å². The molecule has 0 radical (unpaired) electrons. The maximum Gasteiger partial charge on any atom is 0.162 e. The summed E-state index contributed by atoms with van der Waals surface area (Å²) < 4.78 is 26.9. The fourth-order valence-corrected chi connectivity index (χ4v) is 1.86. The molecule has 0 heterocycles. The molecule has 94 valence electrons. The Morgan fingerprint density at radius 3 is 2.56 bits per heavy atom. The van der Waals surface area contributed by atoms with Crippen molar-refractivity contribution in [1.82, 2.24) is 0 Å². The van der Waals surface area contributed by atoms with Crippen LogP contribution in [-0.4, -0.2) is 0 Å². The molecule has 0 fully saturated rings. The summed E-state index contributed by atoms with van der Waals surface area (Å²) in [5.74, 6) is -0.922. The zero-order valence-corrected chi connectivity index (χ0v) is 11.3. The smallest absolute Gasteiger partial charge is 0.162 e.